The SMILES string of the molecule is CCn1cc(Cl)c(CN(C)C(=O)c2c(Br)cnn2C)n1. The van der Waals surface area contributed by atoms with E-state index in [9.17, 15) is 4.79 Å². The highest BCUT2D eigenvalue weighted by atomic mass is 79.9. The fourth-order valence-corrected chi connectivity index (χ4v) is 2.56. The topological polar surface area (TPSA) is 56.0 Å². The van der Waals surface area contributed by atoms with Crippen molar-refractivity contribution in [2.24, 2.45) is 7.05 Å². The van der Waals surface area contributed by atoms with Crippen LogP contribution in [0.25, 0.3) is 0 Å². The molecule has 6 nitrogen and oxygen atoms in total. The van der Waals surface area contributed by atoms with E-state index in [2.05, 4.69) is 26.1 Å². The first-order valence-electron chi connectivity index (χ1n) is 6.08. The molecule has 0 N–H and O–H groups in total. The molecule has 0 aliphatic heterocycles. The average Bonchev–Trinajstić information content (AvgIpc) is 2.92. The predicted octanol–water partition coefficient (Wildman–Crippen LogP) is 2.32. The van der Waals surface area contributed by atoms with E-state index >= 15 is 0 Å². The van der Waals surface area contributed by atoms with Crippen molar-refractivity contribution in [3.05, 3.63) is 33.3 Å². The minimum atomic E-state index is -0.140. The highest BCUT2D eigenvalue weighted by Crippen LogP contribution is 2.19. The molecule has 0 aliphatic carbocycles. The van der Waals surface area contributed by atoms with Gasteiger partial charge in [-0.25, -0.2) is 0 Å². The van der Waals surface area contributed by atoms with Crippen molar-refractivity contribution in [2.75, 3.05) is 7.05 Å². The lowest BCUT2D eigenvalue weighted by molar-refractivity contribution is 0.0771. The van der Waals surface area contributed by atoms with Crippen molar-refractivity contribution in [2.45, 2.75) is 20.0 Å². The van der Waals surface area contributed by atoms with Crippen LogP contribution in [0.1, 0.15) is 23.1 Å². The Hall–Kier alpha value is -1.34. The van der Waals surface area contributed by atoms with Gasteiger partial charge in [-0.15, -0.1) is 0 Å². The summed E-state index contributed by atoms with van der Waals surface area (Å²) in [6.45, 7) is 3.07. The van der Waals surface area contributed by atoms with Gasteiger partial charge in [-0.2, -0.15) is 10.2 Å². The Morgan fingerprint density at radius 1 is 1.55 bits per heavy atom. The number of nitrogens with zero attached hydrogens (tertiary/aromatic N) is 5. The van der Waals surface area contributed by atoms with E-state index in [0.29, 0.717) is 27.4 Å². The van der Waals surface area contributed by atoms with Gasteiger partial charge in [0.1, 0.15) is 11.4 Å². The quantitative estimate of drug-likeness (QED) is 0.841. The number of aromatic nitrogens is 4. The molecule has 108 valence electrons. The zero-order valence-corrected chi connectivity index (χ0v) is 13.8. The first kappa shape index (κ1) is 15.1. The van der Waals surface area contributed by atoms with Gasteiger partial charge in [0.25, 0.3) is 5.91 Å². The van der Waals surface area contributed by atoms with Crippen LogP contribution < -0.4 is 0 Å². The van der Waals surface area contributed by atoms with Crippen LogP contribution in [0.5, 0.6) is 0 Å². The largest absolute Gasteiger partial charge is 0.334 e. The van der Waals surface area contributed by atoms with Crippen molar-refractivity contribution < 1.29 is 4.79 Å². The Balaban J connectivity index is 2.17. The Kier molecular flexibility index (Phi) is 4.49. The van der Waals surface area contributed by atoms with Crippen LogP contribution in [0.3, 0.4) is 0 Å². The third-order valence-corrected chi connectivity index (χ3v) is 3.84. The lowest BCUT2D eigenvalue weighted by Crippen LogP contribution is -2.28. The van der Waals surface area contributed by atoms with Crippen molar-refractivity contribution in [1.82, 2.24) is 24.5 Å². The Bertz CT molecular complexity index is 616. The van der Waals surface area contributed by atoms with E-state index < -0.39 is 0 Å². The molecule has 1 amide bonds. The zero-order valence-electron chi connectivity index (χ0n) is 11.5. The van der Waals surface area contributed by atoms with Gasteiger partial charge in [0, 0.05) is 26.8 Å². The number of aryl methyl sites for hydroxylation is 2. The maximum absolute atomic E-state index is 12.4. The molecule has 20 heavy (non-hydrogen) atoms. The molecule has 0 radical (unpaired) electrons. The van der Waals surface area contributed by atoms with Crippen molar-refractivity contribution >= 4 is 33.4 Å². The molecule has 0 fully saturated rings. The van der Waals surface area contributed by atoms with Gasteiger partial charge in [0.05, 0.1) is 22.2 Å². The van der Waals surface area contributed by atoms with Gasteiger partial charge in [-0.05, 0) is 22.9 Å². The Labute approximate surface area is 130 Å². The highest BCUT2D eigenvalue weighted by Gasteiger charge is 2.21. The normalized spacial score (nSPS) is 10.8. The molecule has 2 aromatic heterocycles. The summed E-state index contributed by atoms with van der Waals surface area (Å²) in [5, 5.41) is 8.94. The Morgan fingerprint density at radius 3 is 2.75 bits per heavy atom. The van der Waals surface area contributed by atoms with Crippen LogP contribution >= 0.6 is 27.5 Å². The minimum absolute atomic E-state index is 0.140. The number of carbonyl (C=O) groups is 1. The van der Waals surface area contributed by atoms with Crippen molar-refractivity contribution in [1.29, 1.82) is 0 Å². The predicted molar refractivity (Wildman–Crippen MR) is 79.6 cm³/mol. The molecule has 0 atom stereocenters. The summed E-state index contributed by atoms with van der Waals surface area (Å²) in [7, 11) is 3.44. The first-order chi connectivity index (χ1) is 9.43. The summed E-state index contributed by atoms with van der Waals surface area (Å²) in [6, 6.07) is 0. The number of hydrogen-bond acceptors (Lipinski definition) is 3. The van der Waals surface area contributed by atoms with E-state index in [1.807, 2.05) is 6.92 Å². The maximum atomic E-state index is 12.4. The highest BCUT2D eigenvalue weighted by molar-refractivity contribution is 9.10. The van der Waals surface area contributed by atoms with Crippen LogP contribution in [-0.2, 0) is 20.1 Å². The number of carbonyl (C=O) groups excluding carboxylic acids is 1. The van der Waals surface area contributed by atoms with E-state index in [1.54, 1.807) is 36.1 Å². The molecule has 0 spiro atoms. The summed E-state index contributed by atoms with van der Waals surface area (Å²) < 4.78 is 3.95. The van der Waals surface area contributed by atoms with Crippen LogP contribution in [-0.4, -0.2) is 37.4 Å². The van der Waals surface area contributed by atoms with Gasteiger partial charge in [-0.1, -0.05) is 11.6 Å². The second kappa shape index (κ2) is 5.97. The lowest BCUT2D eigenvalue weighted by Gasteiger charge is -2.16. The molecule has 0 unspecified atom stereocenters. The van der Waals surface area contributed by atoms with E-state index in [-0.39, 0.29) is 5.91 Å². The third kappa shape index (κ3) is 2.88. The van der Waals surface area contributed by atoms with E-state index in [0.717, 1.165) is 6.54 Å². The van der Waals surface area contributed by atoms with Crippen molar-refractivity contribution in [3.8, 4) is 0 Å². The molecule has 0 saturated heterocycles. The van der Waals surface area contributed by atoms with Crippen LogP contribution in [0.2, 0.25) is 5.02 Å². The van der Waals surface area contributed by atoms with E-state index in [1.165, 1.54) is 4.68 Å². The smallest absolute Gasteiger partial charge is 0.273 e. The Morgan fingerprint density at radius 2 is 2.25 bits per heavy atom. The first-order valence-corrected chi connectivity index (χ1v) is 7.26. The summed E-state index contributed by atoms with van der Waals surface area (Å²) in [6.07, 6.45) is 3.36. The van der Waals surface area contributed by atoms with Gasteiger partial charge >= 0.3 is 0 Å². The fourth-order valence-electron chi connectivity index (χ4n) is 1.83. The van der Waals surface area contributed by atoms with E-state index in [4.69, 9.17) is 11.6 Å². The molecular weight excluding hydrogens is 346 g/mol. The summed E-state index contributed by atoms with van der Waals surface area (Å²) in [5.41, 5.74) is 1.18. The summed E-state index contributed by atoms with van der Waals surface area (Å²) in [4.78, 5) is 14.0. The van der Waals surface area contributed by atoms with Crippen LogP contribution in [0.15, 0.2) is 16.9 Å². The van der Waals surface area contributed by atoms with Crippen LogP contribution in [0, 0.1) is 0 Å². The van der Waals surface area contributed by atoms with Crippen LogP contribution in [0.4, 0.5) is 0 Å². The number of amides is 1. The van der Waals surface area contributed by atoms with Gasteiger partial charge in [-0.3, -0.25) is 14.2 Å². The molecular formula is C12H15BrClN5O. The summed E-state index contributed by atoms with van der Waals surface area (Å²) >= 11 is 9.44. The molecule has 2 rings (SSSR count). The molecule has 0 bridgehead atoms. The molecule has 0 aromatic carbocycles. The molecule has 0 saturated carbocycles. The minimum Gasteiger partial charge on any atom is -0.334 e. The van der Waals surface area contributed by atoms with Gasteiger partial charge < -0.3 is 4.90 Å². The fraction of sp³-hybridized carbons (Fsp3) is 0.417. The van der Waals surface area contributed by atoms with Gasteiger partial charge in [0.2, 0.25) is 0 Å². The number of halogens is 2. The lowest BCUT2D eigenvalue weighted by atomic mass is 10.3. The standard InChI is InChI=1S/C12H15BrClN5O/c1-4-19-6-9(14)10(16-19)7-17(2)12(20)11-8(13)5-15-18(11)3/h5-6H,4,7H2,1-3H3. The van der Waals surface area contributed by atoms with Crippen molar-refractivity contribution in [3.63, 3.8) is 0 Å². The molecule has 0 aliphatic rings. The number of rotatable bonds is 4. The monoisotopic (exact) mass is 359 g/mol. The summed E-state index contributed by atoms with van der Waals surface area (Å²) in [5.74, 6) is -0.140. The molecule has 2 aromatic rings. The van der Waals surface area contributed by atoms with Gasteiger partial charge in [0.15, 0.2) is 0 Å². The molecule has 8 heteroatoms. The average molecular weight is 361 g/mol. The maximum Gasteiger partial charge on any atom is 0.273 e. The second-order valence-corrected chi connectivity index (χ2v) is 5.67. The third-order valence-electron chi connectivity index (χ3n) is 2.94. The molecule has 2 heterocycles. The second-order valence-electron chi connectivity index (χ2n) is 4.41. The number of hydrogen-bond donors (Lipinski definition) is 0. The zero-order chi connectivity index (χ0) is 14.9.